The van der Waals surface area contributed by atoms with Crippen molar-refractivity contribution in [3.05, 3.63) is 44.2 Å². The van der Waals surface area contributed by atoms with Gasteiger partial charge in [0, 0.05) is 11.3 Å². The molecule has 0 saturated heterocycles. The number of hydrogen-bond donors (Lipinski definition) is 2. The van der Waals surface area contributed by atoms with Gasteiger partial charge in [-0.2, -0.15) is 0 Å². The third-order valence-corrected chi connectivity index (χ3v) is 4.49. The van der Waals surface area contributed by atoms with E-state index in [1.165, 1.54) is 0 Å². The van der Waals surface area contributed by atoms with E-state index in [1.807, 2.05) is 32.0 Å². The molecule has 96 valence electrons. The Morgan fingerprint density at radius 3 is 2.61 bits per heavy atom. The molecule has 0 bridgehead atoms. The second-order valence-corrected chi connectivity index (χ2v) is 5.67. The van der Waals surface area contributed by atoms with Gasteiger partial charge in [-0.3, -0.25) is 0 Å². The minimum Gasteiger partial charge on any atom is -0.507 e. The van der Waals surface area contributed by atoms with E-state index in [2.05, 4.69) is 37.2 Å². The molecule has 1 aromatic heterocycles. The number of hydrogen-bond acceptors (Lipinski definition) is 3. The third-order valence-electron chi connectivity index (χ3n) is 2.78. The minimum atomic E-state index is 0.335. The topological polar surface area (TPSA) is 45.4 Å². The van der Waals surface area contributed by atoms with Crippen LogP contribution >= 0.6 is 31.9 Å². The first-order valence-corrected chi connectivity index (χ1v) is 7.04. The van der Waals surface area contributed by atoms with Crippen molar-refractivity contribution in [3.63, 3.8) is 0 Å². The lowest BCUT2D eigenvalue weighted by atomic mass is 10.1. The van der Waals surface area contributed by atoms with E-state index in [-0.39, 0.29) is 0 Å². The number of nitrogens with one attached hydrogen (secondary N) is 1. The molecular formula is C13H13Br2NO2. The van der Waals surface area contributed by atoms with Gasteiger partial charge in [0.1, 0.15) is 11.5 Å². The molecule has 0 amide bonds. The predicted molar refractivity (Wildman–Crippen MR) is 79.0 cm³/mol. The van der Waals surface area contributed by atoms with Gasteiger partial charge in [0.2, 0.25) is 0 Å². The summed E-state index contributed by atoms with van der Waals surface area (Å²) in [6, 6.07) is 5.75. The third kappa shape index (κ3) is 2.72. The molecule has 5 heteroatoms. The summed E-state index contributed by atoms with van der Waals surface area (Å²) in [5.41, 5.74) is 2.63. The molecule has 0 aliphatic heterocycles. The Morgan fingerprint density at radius 1 is 1.28 bits per heavy atom. The molecule has 0 saturated carbocycles. The average molecular weight is 375 g/mol. The van der Waals surface area contributed by atoms with E-state index in [9.17, 15) is 5.11 Å². The maximum atomic E-state index is 9.85. The van der Waals surface area contributed by atoms with E-state index >= 15 is 0 Å². The number of benzene rings is 1. The van der Waals surface area contributed by atoms with E-state index in [1.54, 1.807) is 0 Å². The molecule has 2 rings (SSSR count). The Bertz CT molecular complexity index is 559. The van der Waals surface area contributed by atoms with Crippen LogP contribution in [0.2, 0.25) is 0 Å². The first-order chi connectivity index (χ1) is 8.49. The summed E-state index contributed by atoms with van der Waals surface area (Å²) in [6.45, 7) is 4.33. The van der Waals surface area contributed by atoms with Crippen LogP contribution in [0.1, 0.15) is 16.9 Å². The Hall–Kier alpha value is -0.940. The highest BCUT2D eigenvalue weighted by Crippen LogP contribution is 2.30. The first kappa shape index (κ1) is 13.5. The summed E-state index contributed by atoms with van der Waals surface area (Å²) in [4.78, 5) is 0. The van der Waals surface area contributed by atoms with E-state index < -0.39 is 0 Å². The minimum absolute atomic E-state index is 0.335. The van der Waals surface area contributed by atoms with Crippen molar-refractivity contribution in [1.82, 2.24) is 0 Å². The number of phenolic OH excluding ortho intramolecular Hbond substituents is 1. The predicted octanol–water partition coefficient (Wildman–Crippen LogP) is 4.74. The van der Waals surface area contributed by atoms with Crippen molar-refractivity contribution in [2.75, 3.05) is 5.32 Å². The van der Waals surface area contributed by atoms with Crippen LogP contribution in [-0.4, -0.2) is 5.11 Å². The molecule has 2 N–H and O–H groups in total. The maximum Gasteiger partial charge on any atom is 0.183 e. The van der Waals surface area contributed by atoms with Gasteiger partial charge in [-0.15, -0.1) is 0 Å². The lowest BCUT2D eigenvalue weighted by Gasteiger charge is -2.11. The zero-order chi connectivity index (χ0) is 13.3. The van der Waals surface area contributed by atoms with Crippen molar-refractivity contribution in [2.24, 2.45) is 0 Å². The summed E-state index contributed by atoms with van der Waals surface area (Å²) in [7, 11) is 0. The second kappa shape index (κ2) is 5.36. The van der Waals surface area contributed by atoms with Gasteiger partial charge in [-0.25, -0.2) is 0 Å². The number of halogens is 2. The largest absolute Gasteiger partial charge is 0.507 e. The van der Waals surface area contributed by atoms with Gasteiger partial charge >= 0.3 is 0 Å². The van der Waals surface area contributed by atoms with Crippen molar-refractivity contribution < 1.29 is 9.52 Å². The number of anilines is 1. The smallest absolute Gasteiger partial charge is 0.183 e. The fourth-order valence-electron chi connectivity index (χ4n) is 1.69. The molecule has 1 heterocycles. The summed E-state index contributed by atoms with van der Waals surface area (Å²) in [5, 5.41) is 13.1. The van der Waals surface area contributed by atoms with Crippen LogP contribution < -0.4 is 5.32 Å². The Labute approximate surface area is 122 Å². The molecule has 3 nitrogen and oxygen atoms in total. The molecule has 2 aromatic rings. The number of aryl methyl sites for hydroxylation is 1. The van der Waals surface area contributed by atoms with Crippen LogP contribution in [0.3, 0.4) is 0 Å². The SMILES string of the molecule is Cc1ccc(NCc2cc(Br)c(Br)o2)c(C)c1O. The summed E-state index contributed by atoms with van der Waals surface area (Å²) in [5.74, 6) is 1.15. The van der Waals surface area contributed by atoms with Crippen LogP contribution in [0.5, 0.6) is 5.75 Å². The molecule has 0 unspecified atom stereocenters. The highest BCUT2D eigenvalue weighted by molar-refractivity contribution is 9.13. The molecule has 0 radical (unpaired) electrons. The number of rotatable bonds is 3. The zero-order valence-corrected chi connectivity index (χ0v) is 13.2. The van der Waals surface area contributed by atoms with Crippen molar-refractivity contribution >= 4 is 37.5 Å². The highest BCUT2D eigenvalue weighted by Gasteiger charge is 2.08. The standard InChI is InChI=1S/C13H13Br2NO2/c1-7-3-4-11(8(2)12(7)17)16-6-9-5-10(14)13(15)18-9/h3-5,16-17H,6H2,1-2H3. The lowest BCUT2D eigenvalue weighted by molar-refractivity contribution is 0.467. The Balaban J connectivity index is 2.13. The van der Waals surface area contributed by atoms with E-state index in [4.69, 9.17) is 4.42 Å². The number of furan rings is 1. The van der Waals surface area contributed by atoms with Gasteiger partial charge in [0.05, 0.1) is 11.0 Å². The molecule has 0 aliphatic carbocycles. The number of phenols is 1. The van der Waals surface area contributed by atoms with Crippen molar-refractivity contribution in [2.45, 2.75) is 20.4 Å². The van der Waals surface area contributed by atoms with Crippen LogP contribution in [0.15, 0.2) is 31.8 Å². The molecular weight excluding hydrogens is 362 g/mol. The second-order valence-electron chi connectivity index (χ2n) is 4.09. The molecule has 18 heavy (non-hydrogen) atoms. The van der Waals surface area contributed by atoms with E-state index in [0.717, 1.165) is 27.0 Å². The lowest BCUT2D eigenvalue weighted by Crippen LogP contribution is -2.00. The van der Waals surface area contributed by atoms with Crippen molar-refractivity contribution in [3.8, 4) is 5.75 Å². The zero-order valence-electron chi connectivity index (χ0n) is 10.1. The van der Waals surface area contributed by atoms with Gasteiger partial charge in [0.25, 0.3) is 0 Å². The molecule has 1 aromatic carbocycles. The van der Waals surface area contributed by atoms with Gasteiger partial charge in [0.15, 0.2) is 4.67 Å². The van der Waals surface area contributed by atoms with Crippen LogP contribution in [-0.2, 0) is 6.54 Å². The Kier molecular flexibility index (Phi) is 4.02. The van der Waals surface area contributed by atoms with Crippen LogP contribution in [0.25, 0.3) is 0 Å². The number of aromatic hydroxyl groups is 1. The fourth-order valence-corrected chi connectivity index (χ4v) is 2.35. The monoisotopic (exact) mass is 373 g/mol. The van der Waals surface area contributed by atoms with Gasteiger partial charge < -0.3 is 14.8 Å². The van der Waals surface area contributed by atoms with Crippen LogP contribution in [0.4, 0.5) is 5.69 Å². The van der Waals surface area contributed by atoms with E-state index in [0.29, 0.717) is 17.0 Å². The summed E-state index contributed by atoms with van der Waals surface area (Å²) in [6.07, 6.45) is 0. The Morgan fingerprint density at radius 2 is 2.00 bits per heavy atom. The molecule has 0 spiro atoms. The first-order valence-electron chi connectivity index (χ1n) is 5.45. The van der Waals surface area contributed by atoms with Crippen molar-refractivity contribution in [1.29, 1.82) is 0 Å². The molecule has 0 fully saturated rings. The van der Waals surface area contributed by atoms with Gasteiger partial charge in [-0.05, 0) is 63.4 Å². The quantitative estimate of drug-likeness (QED) is 0.815. The molecule has 0 atom stereocenters. The maximum absolute atomic E-state index is 9.85. The van der Waals surface area contributed by atoms with Crippen LogP contribution in [0, 0.1) is 13.8 Å². The highest BCUT2D eigenvalue weighted by atomic mass is 79.9. The average Bonchev–Trinajstić information content (AvgIpc) is 2.65. The normalized spacial score (nSPS) is 10.7. The molecule has 0 aliphatic rings. The fraction of sp³-hybridized carbons (Fsp3) is 0.231. The van der Waals surface area contributed by atoms with Gasteiger partial charge in [-0.1, -0.05) is 6.07 Å². The summed E-state index contributed by atoms with van der Waals surface area (Å²) < 4.78 is 7.05. The summed E-state index contributed by atoms with van der Waals surface area (Å²) >= 11 is 6.67.